The van der Waals surface area contributed by atoms with Gasteiger partial charge in [0.15, 0.2) is 0 Å². The number of rotatable bonds is 5. The van der Waals surface area contributed by atoms with E-state index < -0.39 is 0 Å². The maximum Gasteiger partial charge on any atom is 0.410 e. The summed E-state index contributed by atoms with van der Waals surface area (Å²) in [6.45, 7) is 5.27. The molecule has 2 aromatic rings. The van der Waals surface area contributed by atoms with Crippen LogP contribution in [0, 0.1) is 0 Å². The lowest BCUT2D eigenvalue weighted by atomic mass is 10.2. The van der Waals surface area contributed by atoms with Crippen molar-refractivity contribution in [3.63, 3.8) is 0 Å². The molecule has 8 heteroatoms. The molecule has 1 unspecified atom stereocenters. The van der Waals surface area contributed by atoms with Crippen LogP contribution in [0.2, 0.25) is 0 Å². The Hall–Kier alpha value is -3.03. The fourth-order valence-electron chi connectivity index (χ4n) is 2.89. The molecule has 144 valence electrons. The number of hydrogen-bond donors (Lipinski definition) is 2. The highest BCUT2D eigenvalue weighted by molar-refractivity contribution is 5.89. The lowest BCUT2D eigenvalue weighted by molar-refractivity contribution is 0.103. The molecule has 27 heavy (non-hydrogen) atoms. The van der Waals surface area contributed by atoms with Gasteiger partial charge < -0.3 is 20.3 Å². The quantitative estimate of drug-likeness (QED) is 0.846. The SMILES string of the molecule is CC(C)n1cc(NC(=O)NC2CCN(C(=O)OCc3ccccc3)C2)cn1. The normalized spacial score (nSPS) is 16.4. The number of ether oxygens (including phenoxy) is 1. The third kappa shape index (κ3) is 5.22. The first-order valence-electron chi connectivity index (χ1n) is 9.08. The monoisotopic (exact) mass is 371 g/mol. The highest BCUT2D eigenvalue weighted by Crippen LogP contribution is 2.13. The van der Waals surface area contributed by atoms with E-state index in [9.17, 15) is 9.59 Å². The number of nitrogens with one attached hydrogen (secondary N) is 2. The third-order valence-electron chi connectivity index (χ3n) is 4.38. The molecule has 1 aliphatic rings. The van der Waals surface area contributed by atoms with Gasteiger partial charge in [0, 0.05) is 31.4 Å². The molecule has 2 heterocycles. The zero-order chi connectivity index (χ0) is 19.2. The molecule has 8 nitrogen and oxygen atoms in total. The van der Waals surface area contributed by atoms with E-state index in [4.69, 9.17) is 4.74 Å². The van der Waals surface area contributed by atoms with Crippen LogP contribution in [0.15, 0.2) is 42.7 Å². The van der Waals surface area contributed by atoms with Crippen LogP contribution in [0.3, 0.4) is 0 Å². The number of aromatic nitrogens is 2. The number of urea groups is 1. The molecule has 3 amide bonds. The molecular formula is C19H25N5O3. The van der Waals surface area contributed by atoms with Gasteiger partial charge in [-0.25, -0.2) is 9.59 Å². The van der Waals surface area contributed by atoms with E-state index in [1.807, 2.05) is 44.2 Å². The highest BCUT2D eigenvalue weighted by atomic mass is 16.6. The highest BCUT2D eigenvalue weighted by Gasteiger charge is 2.28. The summed E-state index contributed by atoms with van der Waals surface area (Å²) in [6, 6.07) is 9.37. The maximum atomic E-state index is 12.2. The Balaban J connectivity index is 1.42. The molecule has 0 saturated carbocycles. The first-order chi connectivity index (χ1) is 13.0. The first kappa shape index (κ1) is 18.8. The smallest absolute Gasteiger partial charge is 0.410 e. The summed E-state index contributed by atoms with van der Waals surface area (Å²) in [5.41, 5.74) is 1.58. The van der Waals surface area contributed by atoms with Gasteiger partial charge in [-0.2, -0.15) is 5.10 Å². The molecule has 0 aliphatic carbocycles. The first-order valence-corrected chi connectivity index (χ1v) is 9.08. The summed E-state index contributed by atoms with van der Waals surface area (Å²) in [5, 5.41) is 9.84. The van der Waals surface area contributed by atoms with Crippen LogP contribution >= 0.6 is 0 Å². The number of likely N-dealkylation sites (tertiary alicyclic amines) is 1. The minimum atomic E-state index is -0.359. The average molecular weight is 371 g/mol. The molecule has 1 fully saturated rings. The second-order valence-electron chi connectivity index (χ2n) is 6.87. The molecule has 0 spiro atoms. The van der Waals surface area contributed by atoms with E-state index in [0.29, 0.717) is 25.2 Å². The zero-order valence-electron chi connectivity index (χ0n) is 15.6. The van der Waals surface area contributed by atoms with Crippen molar-refractivity contribution in [3.8, 4) is 0 Å². The molecule has 2 N–H and O–H groups in total. The molecule has 1 aliphatic heterocycles. The Kier molecular flexibility index (Phi) is 5.95. The molecule has 1 aromatic carbocycles. The standard InChI is InChI=1S/C19H25N5O3/c1-14(2)24-12-17(10-20-24)22-18(25)21-16-8-9-23(11-16)19(26)27-13-15-6-4-3-5-7-15/h3-7,10,12,14,16H,8-9,11,13H2,1-2H3,(H2,21,22,25). The number of carbonyl (C=O) groups excluding carboxylic acids is 2. The number of anilines is 1. The van der Waals surface area contributed by atoms with E-state index in [-0.39, 0.29) is 30.8 Å². The number of nitrogens with zero attached hydrogens (tertiary/aromatic N) is 3. The van der Waals surface area contributed by atoms with Crippen LogP contribution in [0.25, 0.3) is 0 Å². The molecule has 1 atom stereocenters. The second kappa shape index (κ2) is 8.57. The van der Waals surface area contributed by atoms with Crippen molar-refractivity contribution >= 4 is 17.8 Å². The minimum Gasteiger partial charge on any atom is -0.445 e. The van der Waals surface area contributed by atoms with Gasteiger partial charge in [0.25, 0.3) is 0 Å². The van der Waals surface area contributed by atoms with Gasteiger partial charge in [-0.05, 0) is 25.8 Å². The summed E-state index contributed by atoms with van der Waals surface area (Å²) in [4.78, 5) is 25.9. The van der Waals surface area contributed by atoms with Crippen LogP contribution in [-0.2, 0) is 11.3 Å². The molecule has 0 radical (unpaired) electrons. The van der Waals surface area contributed by atoms with Gasteiger partial charge in [0.1, 0.15) is 6.61 Å². The average Bonchev–Trinajstić information content (AvgIpc) is 3.30. The van der Waals surface area contributed by atoms with Crippen molar-refractivity contribution in [3.05, 3.63) is 48.3 Å². The summed E-state index contributed by atoms with van der Waals surface area (Å²) in [7, 11) is 0. The van der Waals surface area contributed by atoms with Crippen molar-refractivity contribution < 1.29 is 14.3 Å². The molecule has 1 saturated heterocycles. The Labute approximate surface area is 158 Å². The zero-order valence-corrected chi connectivity index (χ0v) is 15.6. The van der Waals surface area contributed by atoms with Gasteiger partial charge in [0.05, 0.1) is 11.9 Å². The summed E-state index contributed by atoms with van der Waals surface area (Å²) in [5.74, 6) is 0. The second-order valence-corrected chi connectivity index (χ2v) is 6.87. The van der Waals surface area contributed by atoms with Crippen LogP contribution < -0.4 is 10.6 Å². The Morgan fingerprint density at radius 1 is 1.30 bits per heavy atom. The molecule has 1 aromatic heterocycles. The maximum absolute atomic E-state index is 12.2. The van der Waals surface area contributed by atoms with Crippen LogP contribution in [0.1, 0.15) is 31.9 Å². The fraction of sp³-hybridized carbons (Fsp3) is 0.421. The third-order valence-corrected chi connectivity index (χ3v) is 4.38. The van der Waals surface area contributed by atoms with E-state index in [0.717, 1.165) is 5.56 Å². The Bertz CT molecular complexity index is 775. The van der Waals surface area contributed by atoms with E-state index in [1.54, 1.807) is 22.0 Å². The molecule has 0 bridgehead atoms. The van der Waals surface area contributed by atoms with Crippen molar-refractivity contribution in [2.75, 3.05) is 18.4 Å². The lowest BCUT2D eigenvalue weighted by Gasteiger charge is -2.17. The van der Waals surface area contributed by atoms with Crippen molar-refractivity contribution in [2.24, 2.45) is 0 Å². The summed E-state index contributed by atoms with van der Waals surface area (Å²) < 4.78 is 7.11. The van der Waals surface area contributed by atoms with Gasteiger partial charge in [-0.1, -0.05) is 30.3 Å². The fourth-order valence-corrected chi connectivity index (χ4v) is 2.89. The summed E-state index contributed by atoms with van der Waals surface area (Å²) in [6.07, 6.45) is 3.73. The van der Waals surface area contributed by atoms with Crippen molar-refractivity contribution in [1.29, 1.82) is 0 Å². The minimum absolute atomic E-state index is 0.102. The number of carbonyl (C=O) groups is 2. The van der Waals surface area contributed by atoms with Gasteiger partial charge in [-0.3, -0.25) is 4.68 Å². The predicted molar refractivity (Wildman–Crippen MR) is 101 cm³/mol. The van der Waals surface area contributed by atoms with Crippen LogP contribution in [0.4, 0.5) is 15.3 Å². The Morgan fingerprint density at radius 3 is 2.78 bits per heavy atom. The van der Waals surface area contributed by atoms with Gasteiger partial charge >= 0.3 is 12.1 Å². The Morgan fingerprint density at radius 2 is 2.07 bits per heavy atom. The predicted octanol–water partition coefficient (Wildman–Crippen LogP) is 3.00. The number of amides is 3. The van der Waals surface area contributed by atoms with Gasteiger partial charge in [-0.15, -0.1) is 0 Å². The molecule has 3 rings (SSSR count). The number of hydrogen-bond acceptors (Lipinski definition) is 4. The summed E-state index contributed by atoms with van der Waals surface area (Å²) >= 11 is 0. The topological polar surface area (TPSA) is 88.5 Å². The van der Waals surface area contributed by atoms with Crippen molar-refractivity contribution in [2.45, 2.75) is 39.0 Å². The van der Waals surface area contributed by atoms with Crippen LogP contribution in [-0.4, -0.2) is 45.9 Å². The number of benzene rings is 1. The largest absolute Gasteiger partial charge is 0.445 e. The van der Waals surface area contributed by atoms with E-state index >= 15 is 0 Å². The van der Waals surface area contributed by atoms with E-state index in [1.165, 1.54) is 0 Å². The van der Waals surface area contributed by atoms with Crippen LogP contribution in [0.5, 0.6) is 0 Å². The van der Waals surface area contributed by atoms with Crippen molar-refractivity contribution in [1.82, 2.24) is 20.0 Å². The van der Waals surface area contributed by atoms with Gasteiger partial charge in [0.2, 0.25) is 0 Å². The van der Waals surface area contributed by atoms with E-state index in [2.05, 4.69) is 15.7 Å². The molecular weight excluding hydrogens is 346 g/mol. The lowest BCUT2D eigenvalue weighted by Crippen LogP contribution is -2.40.